The van der Waals surface area contributed by atoms with Crippen LogP contribution in [0.3, 0.4) is 0 Å². The number of anilines is 1. The van der Waals surface area contributed by atoms with Gasteiger partial charge in [-0.25, -0.2) is 0 Å². The van der Waals surface area contributed by atoms with Gasteiger partial charge in [-0.1, -0.05) is 13.0 Å². The van der Waals surface area contributed by atoms with Crippen LogP contribution in [-0.2, 0) is 6.42 Å². The van der Waals surface area contributed by atoms with Crippen LogP contribution in [0.4, 0.5) is 5.69 Å². The van der Waals surface area contributed by atoms with Crippen molar-refractivity contribution in [2.75, 3.05) is 5.73 Å². The lowest BCUT2D eigenvalue weighted by Crippen LogP contribution is -2.05. The Hall–Kier alpha value is -1.91. The van der Waals surface area contributed by atoms with E-state index < -0.39 is 0 Å². The summed E-state index contributed by atoms with van der Waals surface area (Å²) in [5.41, 5.74) is 8.55. The van der Waals surface area contributed by atoms with Crippen LogP contribution < -0.4 is 5.73 Å². The topological polar surface area (TPSA) is 69.6 Å². The highest BCUT2D eigenvalue weighted by molar-refractivity contribution is 5.58. The van der Waals surface area contributed by atoms with E-state index in [4.69, 9.17) is 5.73 Å². The van der Waals surface area contributed by atoms with Gasteiger partial charge < -0.3 is 5.73 Å². The fourth-order valence-electron chi connectivity index (χ4n) is 1.45. The zero-order valence-electron chi connectivity index (χ0n) is 8.81. The van der Waals surface area contributed by atoms with Gasteiger partial charge in [0.2, 0.25) is 0 Å². The molecule has 0 amide bonds. The average molecular weight is 203 g/mol. The second-order valence-electron chi connectivity index (χ2n) is 3.42. The van der Waals surface area contributed by atoms with Crippen LogP contribution in [-0.4, -0.2) is 20.2 Å². The number of hydrogen-bond acceptors (Lipinski definition) is 4. The van der Waals surface area contributed by atoms with Crippen LogP contribution in [0.1, 0.15) is 18.3 Å². The smallest absolute Gasteiger partial charge is 0.156 e. The minimum atomic E-state index is 0.683. The van der Waals surface area contributed by atoms with Crippen LogP contribution >= 0.6 is 0 Å². The molecule has 0 radical (unpaired) electrons. The van der Waals surface area contributed by atoms with Crippen molar-refractivity contribution in [3.05, 3.63) is 29.6 Å². The highest BCUT2D eigenvalue weighted by atomic mass is 15.5. The first-order valence-electron chi connectivity index (χ1n) is 4.86. The van der Waals surface area contributed by atoms with Crippen molar-refractivity contribution in [3.8, 4) is 5.69 Å². The summed E-state index contributed by atoms with van der Waals surface area (Å²) in [4.78, 5) is 0. The van der Waals surface area contributed by atoms with Gasteiger partial charge in [0, 0.05) is 6.42 Å². The maximum atomic E-state index is 5.89. The molecule has 0 fully saturated rings. The molecule has 0 aliphatic heterocycles. The van der Waals surface area contributed by atoms with E-state index >= 15 is 0 Å². The van der Waals surface area contributed by atoms with Gasteiger partial charge in [0.1, 0.15) is 0 Å². The Balaban J connectivity index is 2.58. The van der Waals surface area contributed by atoms with Crippen molar-refractivity contribution in [1.29, 1.82) is 0 Å². The van der Waals surface area contributed by atoms with E-state index in [0.717, 1.165) is 23.5 Å². The summed E-state index contributed by atoms with van der Waals surface area (Å²) in [6.45, 7) is 4.02. The zero-order valence-corrected chi connectivity index (χ0v) is 8.81. The standard InChI is InChI=1S/C10H13N5/c1-3-10-12-13-14-15(10)9-6-7(2)4-5-8(9)11/h4-6H,3,11H2,1-2H3. The highest BCUT2D eigenvalue weighted by Gasteiger charge is 2.08. The second-order valence-corrected chi connectivity index (χ2v) is 3.42. The van der Waals surface area contributed by atoms with Gasteiger partial charge in [0.05, 0.1) is 11.4 Å². The molecule has 1 aromatic carbocycles. The van der Waals surface area contributed by atoms with Gasteiger partial charge in [-0.15, -0.1) is 5.10 Å². The van der Waals surface area contributed by atoms with E-state index in [1.165, 1.54) is 0 Å². The Morgan fingerprint density at radius 3 is 2.93 bits per heavy atom. The fraction of sp³-hybridized carbons (Fsp3) is 0.300. The summed E-state index contributed by atoms with van der Waals surface area (Å²) in [5.74, 6) is 0.812. The molecule has 1 aromatic heterocycles. The van der Waals surface area contributed by atoms with Crippen LogP contribution in [0.25, 0.3) is 5.69 Å². The Kier molecular flexibility index (Phi) is 2.37. The number of tetrazole rings is 1. The van der Waals surface area contributed by atoms with E-state index in [1.54, 1.807) is 4.68 Å². The molecule has 5 heteroatoms. The lowest BCUT2D eigenvalue weighted by Gasteiger charge is -2.07. The lowest BCUT2D eigenvalue weighted by atomic mass is 10.2. The number of nitrogens with zero attached hydrogens (tertiary/aromatic N) is 4. The Morgan fingerprint density at radius 1 is 1.40 bits per heavy atom. The monoisotopic (exact) mass is 203 g/mol. The highest BCUT2D eigenvalue weighted by Crippen LogP contribution is 2.18. The maximum absolute atomic E-state index is 5.89. The van der Waals surface area contributed by atoms with Crippen molar-refractivity contribution in [3.63, 3.8) is 0 Å². The first-order chi connectivity index (χ1) is 7.22. The van der Waals surface area contributed by atoms with E-state index in [0.29, 0.717) is 5.69 Å². The van der Waals surface area contributed by atoms with Gasteiger partial charge in [-0.3, -0.25) is 0 Å². The Bertz CT molecular complexity index is 474. The normalized spacial score (nSPS) is 10.5. The maximum Gasteiger partial charge on any atom is 0.156 e. The number of benzene rings is 1. The van der Waals surface area contributed by atoms with Gasteiger partial charge >= 0.3 is 0 Å². The Labute approximate surface area is 87.9 Å². The van der Waals surface area contributed by atoms with Crippen molar-refractivity contribution in [2.24, 2.45) is 0 Å². The van der Waals surface area contributed by atoms with E-state index in [9.17, 15) is 0 Å². The van der Waals surface area contributed by atoms with Gasteiger partial charge in [-0.2, -0.15) is 4.68 Å². The van der Waals surface area contributed by atoms with Gasteiger partial charge in [-0.05, 0) is 35.0 Å². The average Bonchev–Trinajstić information content (AvgIpc) is 2.69. The number of hydrogen-bond donors (Lipinski definition) is 1. The van der Waals surface area contributed by atoms with Crippen molar-refractivity contribution < 1.29 is 0 Å². The van der Waals surface area contributed by atoms with Crippen LogP contribution in [0.15, 0.2) is 18.2 Å². The molecule has 0 saturated heterocycles. The van der Waals surface area contributed by atoms with Crippen LogP contribution in [0.2, 0.25) is 0 Å². The largest absolute Gasteiger partial charge is 0.397 e. The molecule has 78 valence electrons. The molecular formula is C10H13N5. The summed E-state index contributed by atoms with van der Waals surface area (Å²) < 4.78 is 1.68. The number of aromatic nitrogens is 4. The number of nitrogens with two attached hydrogens (primary N) is 1. The molecule has 1 heterocycles. The minimum Gasteiger partial charge on any atom is -0.397 e. The summed E-state index contributed by atoms with van der Waals surface area (Å²) in [7, 11) is 0. The number of aryl methyl sites for hydroxylation is 2. The SMILES string of the molecule is CCc1nnnn1-c1cc(C)ccc1N. The number of rotatable bonds is 2. The molecule has 2 N–H and O–H groups in total. The fourth-order valence-corrected chi connectivity index (χ4v) is 1.45. The molecule has 0 aliphatic carbocycles. The molecule has 5 nitrogen and oxygen atoms in total. The predicted molar refractivity (Wildman–Crippen MR) is 57.7 cm³/mol. The van der Waals surface area contributed by atoms with Gasteiger partial charge in [0.15, 0.2) is 5.82 Å². The molecular weight excluding hydrogens is 190 g/mol. The third kappa shape index (κ3) is 1.68. The second kappa shape index (κ2) is 3.68. The molecule has 15 heavy (non-hydrogen) atoms. The number of nitrogen functional groups attached to an aromatic ring is 1. The summed E-state index contributed by atoms with van der Waals surface area (Å²) in [6.07, 6.45) is 0.778. The minimum absolute atomic E-state index is 0.683. The molecule has 0 saturated carbocycles. The van der Waals surface area contributed by atoms with Gasteiger partial charge in [0.25, 0.3) is 0 Å². The molecule has 0 bridgehead atoms. The molecule has 0 atom stereocenters. The zero-order chi connectivity index (χ0) is 10.8. The first kappa shape index (κ1) is 9.64. The molecule has 2 rings (SSSR count). The molecule has 0 unspecified atom stereocenters. The molecule has 0 aliphatic rings. The quantitative estimate of drug-likeness (QED) is 0.742. The summed E-state index contributed by atoms with van der Waals surface area (Å²) in [5, 5.41) is 11.5. The van der Waals surface area contributed by atoms with E-state index in [2.05, 4.69) is 15.5 Å². The lowest BCUT2D eigenvalue weighted by molar-refractivity contribution is 0.767. The van der Waals surface area contributed by atoms with Crippen LogP contribution in [0, 0.1) is 6.92 Å². The molecule has 0 spiro atoms. The third-order valence-corrected chi connectivity index (χ3v) is 2.26. The first-order valence-corrected chi connectivity index (χ1v) is 4.86. The Morgan fingerprint density at radius 2 is 2.20 bits per heavy atom. The van der Waals surface area contributed by atoms with Crippen LogP contribution in [0.5, 0.6) is 0 Å². The van der Waals surface area contributed by atoms with Crippen molar-refractivity contribution >= 4 is 5.69 Å². The summed E-state index contributed by atoms with van der Waals surface area (Å²) >= 11 is 0. The third-order valence-electron chi connectivity index (χ3n) is 2.26. The van der Waals surface area contributed by atoms with Crippen molar-refractivity contribution in [1.82, 2.24) is 20.2 Å². The van der Waals surface area contributed by atoms with Crippen molar-refractivity contribution in [2.45, 2.75) is 20.3 Å². The van der Waals surface area contributed by atoms with E-state index in [-0.39, 0.29) is 0 Å². The summed E-state index contributed by atoms with van der Waals surface area (Å²) in [6, 6.07) is 5.81. The predicted octanol–water partition coefficient (Wildman–Crippen LogP) is 1.12. The molecule has 2 aromatic rings. The van der Waals surface area contributed by atoms with E-state index in [1.807, 2.05) is 32.0 Å².